The predicted molar refractivity (Wildman–Crippen MR) is 168 cm³/mol. The number of aryl methyl sites for hydroxylation is 1. The lowest BCUT2D eigenvalue weighted by Gasteiger charge is -2.41. The molecule has 2 atom stereocenters. The van der Waals surface area contributed by atoms with E-state index in [-0.39, 0.29) is 12.1 Å². The van der Waals surface area contributed by atoms with Crippen molar-refractivity contribution in [1.29, 1.82) is 0 Å². The molecule has 0 unspecified atom stereocenters. The number of carbonyl (C=O) groups is 1. The van der Waals surface area contributed by atoms with Crippen molar-refractivity contribution in [3.05, 3.63) is 55.0 Å². The molecule has 1 amide bonds. The van der Waals surface area contributed by atoms with E-state index in [2.05, 4.69) is 19.9 Å². The summed E-state index contributed by atoms with van der Waals surface area (Å²) < 4.78 is 18.6. The van der Waals surface area contributed by atoms with Crippen molar-refractivity contribution < 1.29 is 19.0 Å². The predicted octanol–water partition coefficient (Wildman–Crippen LogP) is 4.17. The maximum Gasteiger partial charge on any atom is 0.410 e. The van der Waals surface area contributed by atoms with Gasteiger partial charge in [-0.1, -0.05) is 0 Å². The number of ether oxygens (including phenoxy) is 3. The highest BCUT2D eigenvalue weighted by molar-refractivity contribution is 5.82. The molecule has 0 saturated carbocycles. The Kier molecular flexibility index (Phi) is 7.58. The van der Waals surface area contributed by atoms with Crippen LogP contribution < -0.4 is 20.1 Å². The quantitative estimate of drug-likeness (QED) is 0.315. The highest BCUT2D eigenvalue weighted by atomic mass is 16.6. The summed E-state index contributed by atoms with van der Waals surface area (Å²) in [6.07, 6.45) is 5.88. The van der Waals surface area contributed by atoms with E-state index in [4.69, 9.17) is 24.9 Å². The Morgan fingerprint density at radius 3 is 2.43 bits per heavy atom. The normalized spacial score (nSPS) is 19.9. The Morgan fingerprint density at radius 2 is 1.82 bits per heavy atom. The molecular formula is C32H40N8O4. The molecule has 6 rings (SSSR count). The number of rotatable bonds is 8. The molecule has 2 N–H and O–H groups in total. The van der Waals surface area contributed by atoms with E-state index in [0.717, 1.165) is 33.7 Å². The summed E-state index contributed by atoms with van der Waals surface area (Å²) in [5.74, 6) is 1.37. The summed E-state index contributed by atoms with van der Waals surface area (Å²) in [7, 11) is 5.16. The van der Waals surface area contributed by atoms with Crippen molar-refractivity contribution in [3.8, 4) is 22.8 Å². The van der Waals surface area contributed by atoms with Crippen LogP contribution in [0.5, 0.6) is 11.5 Å². The standard InChI is InChI=1S/C32H40N8O4/c1-31(2,3)44-30(41)40-20-32(33)15-24(40)19-38(32)9-10-39(23-11-25(42-5)14-26(12-23)43-6)22-7-8-27-28(13-22)36-29(17-34-27)21-16-35-37(4)18-21/h7-8,11-14,16-18,24H,9-10,15,19-20,33H2,1-6H3/t24-,32-/m0/s1. The summed E-state index contributed by atoms with van der Waals surface area (Å²) >= 11 is 0. The first kappa shape index (κ1) is 29.6. The number of nitrogens with zero attached hydrogens (tertiary/aromatic N) is 7. The number of hydrogen-bond donors (Lipinski definition) is 1. The number of carbonyl (C=O) groups excluding carboxylic acids is 1. The van der Waals surface area contributed by atoms with Crippen molar-refractivity contribution in [1.82, 2.24) is 29.5 Å². The average molecular weight is 601 g/mol. The molecule has 2 aliphatic rings. The van der Waals surface area contributed by atoms with Gasteiger partial charge in [-0.15, -0.1) is 0 Å². The number of amides is 1. The topological polar surface area (TPSA) is 124 Å². The molecule has 2 aliphatic heterocycles. The van der Waals surface area contributed by atoms with Crippen LogP contribution in [0.15, 0.2) is 55.0 Å². The van der Waals surface area contributed by atoms with E-state index in [1.807, 2.05) is 70.4 Å². The minimum atomic E-state index is -0.618. The van der Waals surface area contributed by atoms with Crippen LogP contribution in [0.4, 0.5) is 16.2 Å². The third-order valence-electron chi connectivity index (χ3n) is 8.24. The molecule has 232 valence electrons. The molecular weight excluding hydrogens is 560 g/mol. The van der Waals surface area contributed by atoms with Crippen LogP contribution >= 0.6 is 0 Å². The van der Waals surface area contributed by atoms with Crippen LogP contribution in [-0.2, 0) is 11.8 Å². The molecule has 2 aromatic heterocycles. The van der Waals surface area contributed by atoms with Crippen molar-refractivity contribution >= 4 is 28.5 Å². The lowest BCUT2D eigenvalue weighted by molar-refractivity contribution is 0.00417. The second-order valence-electron chi connectivity index (χ2n) is 12.6. The Morgan fingerprint density at radius 1 is 1.07 bits per heavy atom. The fraction of sp³-hybridized carbons (Fsp3) is 0.438. The number of likely N-dealkylation sites (tertiary alicyclic amines) is 2. The highest BCUT2D eigenvalue weighted by Gasteiger charge is 2.54. The fourth-order valence-corrected chi connectivity index (χ4v) is 6.12. The molecule has 0 aliphatic carbocycles. The second kappa shape index (κ2) is 11.3. The lowest BCUT2D eigenvalue weighted by atomic mass is 10.1. The molecule has 44 heavy (non-hydrogen) atoms. The zero-order valence-corrected chi connectivity index (χ0v) is 26.1. The molecule has 2 bridgehead atoms. The third-order valence-corrected chi connectivity index (χ3v) is 8.24. The van der Waals surface area contributed by atoms with Gasteiger partial charge in [-0.25, -0.2) is 9.78 Å². The van der Waals surface area contributed by atoms with Gasteiger partial charge in [0.2, 0.25) is 0 Å². The van der Waals surface area contributed by atoms with E-state index in [1.54, 1.807) is 36.2 Å². The Bertz CT molecular complexity index is 1660. The van der Waals surface area contributed by atoms with Crippen LogP contribution in [0.25, 0.3) is 22.3 Å². The Balaban J connectivity index is 1.29. The lowest BCUT2D eigenvalue weighted by Crippen LogP contribution is -2.61. The van der Waals surface area contributed by atoms with Gasteiger partial charge < -0.3 is 29.7 Å². The van der Waals surface area contributed by atoms with Gasteiger partial charge in [0.15, 0.2) is 0 Å². The summed E-state index contributed by atoms with van der Waals surface area (Å²) in [5.41, 5.74) is 10.8. The smallest absolute Gasteiger partial charge is 0.410 e. The van der Waals surface area contributed by atoms with Gasteiger partial charge in [0.05, 0.1) is 61.6 Å². The zero-order valence-electron chi connectivity index (χ0n) is 26.1. The summed E-state index contributed by atoms with van der Waals surface area (Å²) in [6, 6.07) is 11.9. The van der Waals surface area contributed by atoms with Crippen molar-refractivity contribution in [3.63, 3.8) is 0 Å². The van der Waals surface area contributed by atoms with Gasteiger partial charge in [0.1, 0.15) is 17.1 Å². The first-order valence-electron chi connectivity index (χ1n) is 14.7. The number of benzene rings is 2. The number of hydrogen-bond acceptors (Lipinski definition) is 10. The van der Waals surface area contributed by atoms with Crippen LogP contribution in [0.2, 0.25) is 0 Å². The van der Waals surface area contributed by atoms with Gasteiger partial charge in [0, 0.05) is 74.4 Å². The number of fused-ring (bicyclic) bond motifs is 3. The molecule has 0 radical (unpaired) electrons. The maximum absolute atomic E-state index is 12.9. The van der Waals surface area contributed by atoms with E-state index in [9.17, 15) is 4.79 Å². The molecule has 4 heterocycles. The maximum atomic E-state index is 12.9. The molecule has 12 heteroatoms. The number of nitrogens with two attached hydrogens (primary N) is 1. The monoisotopic (exact) mass is 600 g/mol. The summed E-state index contributed by atoms with van der Waals surface area (Å²) in [4.78, 5) is 28.7. The van der Waals surface area contributed by atoms with Gasteiger partial charge in [0.25, 0.3) is 0 Å². The minimum absolute atomic E-state index is 0.0158. The first-order chi connectivity index (χ1) is 20.9. The average Bonchev–Trinajstić information content (AvgIpc) is 3.67. The summed E-state index contributed by atoms with van der Waals surface area (Å²) in [5, 5.41) is 4.28. The molecule has 4 aromatic rings. The largest absolute Gasteiger partial charge is 0.497 e. The molecule has 2 saturated heterocycles. The van der Waals surface area contributed by atoms with E-state index < -0.39 is 11.3 Å². The van der Waals surface area contributed by atoms with E-state index in [0.29, 0.717) is 44.1 Å². The fourth-order valence-electron chi connectivity index (χ4n) is 6.12. The Hall–Kier alpha value is -4.42. The molecule has 2 aromatic carbocycles. The van der Waals surface area contributed by atoms with Crippen molar-refractivity contribution in [2.24, 2.45) is 12.8 Å². The highest BCUT2D eigenvalue weighted by Crippen LogP contribution is 2.38. The van der Waals surface area contributed by atoms with Gasteiger partial charge in [-0.2, -0.15) is 5.10 Å². The van der Waals surface area contributed by atoms with Crippen LogP contribution in [0.3, 0.4) is 0 Å². The van der Waals surface area contributed by atoms with Crippen molar-refractivity contribution in [2.75, 3.05) is 45.3 Å². The first-order valence-corrected chi connectivity index (χ1v) is 14.7. The third kappa shape index (κ3) is 5.87. The summed E-state index contributed by atoms with van der Waals surface area (Å²) in [6.45, 7) is 8.05. The van der Waals surface area contributed by atoms with Gasteiger partial charge >= 0.3 is 6.09 Å². The Labute approximate surface area is 257 Å². The molecule has 12 nitrogen and oxygen atoms in total. The number of piperazine rings is 1. The number of anilines is 2. The van der Waals surface area contributed by atoms with Gasteiger partial charge in [-0.3, -0.25) is 14.6 Å². The minimum Gasteiger partial charge on any atom is -0.497 e. The van der Waals surface area contributed by atoms with Crippen LogP contribution in [0, 0.1) is 0 Å². The van der Waals surface area contributed by atoms with Crippen LogP contribution in [0.1, 0.15) is 27.2 Å². The number of methoxy groups -OCH3 is 2. The number of aromatic nitrogens is 4. The van der Waals surface area contributed by atoms with E-state index in [1.165, 1.54) is 0 Å². The van der Waals surface area contributed by atoms with Crippen LogP contribution in [-0.4, -0.2) is 93.3 Å². The second-order valence-corrected chi connectivity index (χ2v) is 12.6. The molecule has 2 fully saturated rings. The SMILES string of the molecule is COc1cc(OC)cc(N(CCN2C[C@@H]3C[C@@]2(N)CN3C(=O)OC(C)(C)C)c2ccc3ncc(-c4cnn(C)c4)nc3c2)c1. The zero-order chi connectivity index (χ0) is 31.2. The van der Waals surface area contributed by atoms with Gasteiger partial charge in [-0.05, 0) is 39.0 Å². The molecule has 0 spiro atoms. The van der Waals surface area contributed by atoms with E-state index >= 15 is 0 Å². The van der Waals surface area contributed by atoms with Crippen molar-refractivity contribution in [2.45, 2.75) is 44.5 Å².